The van der Waals surface area contributed by atoms with E-state index in [1.165, 1.54) is 29.5 Å². The van der Waals surface area contributed by atoms with Gasteiger partial charge in [-0.1, -0.05) is 18.2 Å². The molecule has 0 saturated carbocycles. The smallest absolute Gasteiger partial charge is 0.343 e. The number of halogens is 3. The van der Waals surface area contributed by atoms with Crippen LogP contribution in [0.5, 0.6) is 0 Å². The topological polar surface area (TPSA) is 78.5 Å². The number of likely N-dealkylation sites (tertiary alicyclic amines) is 1. The number of anilines is 1. The summed E-state index contributed by atoms with van der Waals surface area (Å²) in [7, 11) is 0. The lowest BCUT2D eigenvalue weighted by Gasteiger charge is -2.31. The van der Waals surface area contributed by atoms with Gasteiger partial charge in [0, 0.05) is 19.0 Å². The van der Waals surface area contributed by atoms with E-state index in [9.17, 15) is 27.6 Å². The molecule has 3 rings (SSSR count). The highest BCUT2D eigenvalue weighted by Crippen LogP contribution is 2.23. The second kappa shape index (κ2) is 9.29. The Hall–Kier alpha value is -2.88. The third kappa shape index (κ3) is 5.59. The highest BCUT2D eigenvalue weighted by molar-refractivity contribution is 7.12. The average Bonchev–Trinajstić information content (AvgIpc) is 3.26. The Balaban J connectivity index is 1.58. The van der Waals surface area contributed by atoms with Gasteiger partial charge in [0.2, 0.25) is 5.91 Å². The predicted octanol–water partition coefficient (Wildman–Crippen LogP) is 3.53. The number of amides is 3. The van der Waals surface area contributed by atoms with E-state index in [0.29, 0.717) is 30.8 Å². The SMILES string of the molecule is O=C(NCC(F)(F)F)c1ccccc1NC(=O)C1CCN(C(=O)c2cccs2)CC1. The van der Waals surface area contributed by atoms with Gasteiger partial charge in [-0.15, -0.1) is 11.3 Å². The largest absolute Gasteiger partial charge is 0.405 e. The number of carbonyl (C=O) groups is 3. The van der Waals surface area contributed by atoms with Gasteiger partial charge in [-0.25, -0.2) is 0 Å². The highest BCUT2D eigenvalue weighted by Gasteiger charge is 2.30. The molecule has 2 aromatic rings. The van der Waals surface area contributed by atoms with Crippen LogP contribution in [0, 0.1) is 5.92 Å². The van der Waals surface area contributed by atoms with Crippen LogP contribution in [-0.4, -0.2) is 48.4 Å². The van der Waals surface area contributed by atoms with Gasteiger partial charge in [-0.05, 0) is 36.4 Å². The number of piperidine rings is 1. The first kappa shape index (κ1) is 21.8. The lowest BCUT2D eigenvalue weighted by atomic mass is 9.95. The minimum atomic E-state index is -4.53. The van der Waals surface area contributed by atoms with Gasteiger partial charge in [0.25, 0.3) is 11.8 Å². The molecule has 30 heavy (non-hydrogen) atoms. The van der Waals surface area contributed by atoms with E-state index in [2.05, 4.69) is 5.32 Å². The Labute approximate surface area is 175 Å². The zero-order valence-corrected chi connectivity index (χ0v) is 16.7. The molecule has 1 aliphatic rings. The first-order chi connectivity index (χ1) is 14.2. The van der Waals surface area contributed by atoms with Crippen LogP contribution in [0.15, 0.2) is 41.8 Å². The summed E-state index contributed by atoms with van der Waals surface area (Å²) in [5, 5.41) is 6.28. The summed E-state index contributed by atoms with van der Waals surface area (Å²) in [6.07, 6.45) is -3.60. The van der Waals surface area contributed by atoms with Crippen LogP contribution in [-0.2, 0) is 4.79 Å². The molecule has 1 fully saturated rings. The van der Waals surface area contributed by atoms with Crippen molar-refractivity contribution < 1.29 is 27.6 Å². The zero-order valence-electron chi connectivity index (χ0n) is 15.9. The maximum atomic E-state index is 12.6. The monoisotopic (exact) mass is 439 g/mol. The summed E-state index contributed by atoms with van der Waals surface area (Å²) in [4.78, 5) is 39.5. The standard InChI is InChI=1S/C20H20F3N3O3S/c21-20(22,23)12-24-18(28)14-4-1-2-5-15(14)25-17(27)13-7-9-26(10-8-13)19(29)16-6-3-11-30-16/h1-6,11,13H,7-10,12H2,(H,24,28)(H,25,27). The zero-order chi connectivity index (χ0) is 21.7. The molecule has 1 saturated heterocycles. The summed E-state index contributed by atoms with van der Waals surface area (Å²) in [6, 6.07) is 9.47. The van der Waals surface area contributed by atoms with Crippen molar-refractivity contribution in [2.24, 2.45) is 5.92 Å². The maximum Gasteiger partial charge on any atom is 0.405 e. The van der Waals surface area contributed by atoms with Crippen LogP contribution in [0.4, 0.5) is 18.9 Å². The van der Waals surface area contributed by atoms with Gasteiger partial charge in [0.05, 0.1) is 16.1 Å². The number of nitrogens with one attached hydrogen (secondary N) is 2. The fourth-order valence-corrected chi connectivity index (χ4v) is 3.89. The first-order valence-electron chi connectivity index (χ1n) is 9.32. The molecule has 2 N–H and O–H groups in total. The highest BCUT2D eigenvalue weighted by atomic mass is 32.1. The third-order valence-electron chi connectivity index (χ3n) is 4.76. The van der Waals surface area contributed by atoms with Crippen LogP contribution >= 0.6 is 11.3 Å². The molecule has 1 aliphatic heterocycles. The number of alkyl halides is 3. The van der Waals surface area contributed by atoms with Gasteiger partial charge in [-0.3, -0.25) is 14.4 Å². The molecule has 1 aromatic heterocycles. The number of nitrogens with zero attached hydrogens (tertiary/aromatic N) is 1. The molecule has 160 valence electrons. The van der Waals surface area contributed by atoms with E-state index < -0.39 is 18.6 Å². The third-order valence-corrected chi connectivity index (χ3v) is 5.62. The Morgan fingerprint density at radius 1 is 1.07 bits per heavy atom. The number of carbonyl (C=O) groups excluding carboxylic acids is 3. The Morgan fingerprint density at radius 3 is 2.40 bits per heavy atom. The van der Waals surface area contributed by atoms with Crippen molar-refractivity contribution in [3.05, 3.63) is 52.2 Å². The van der Waals surface area contributed by atoms with Gasteiger partial charge in [0.15, 0.2) is 0 Å². The lowest BCUT2D eigenvalue weighted by Crippen LogP contribution is -2.41. The van der Waals surface area contributed by atoms with E-state index in [1.54, 1.807) is 28.4 Å². The normalized spacial score (nSPS) is 15.0. The summed E-state index contributed by atoms with van der Waals surface area (Å²) >= 11 is 1.36. The second-order valence-corrected chi connectivity index (χ2v) is 7.82. The lowest BCUT2D eigenvalue weighted by molar-refractivity contribution is -0.123. The Bertz CT molecular complexity index is 908. The molecule has 0 radical (unpaired) electrons. The van der Waals surface area contributed by atoms with E-state index in [0.717, 1.165) is 0 Å². The Kier molecular flexibility index (Phi) is 6.76. The maximum absolute atomic E-state index is 12.6. The molecule has 0 spiro atoms. The molecule has 1 aromatic carbocycles. The number of hydrogen-bond donors (Lipinski definition) is 2. The molecular formula is C20H20F3N3O3S. The van der Waals surface area contributed by atoms with Crippen LogP contribution < -0.4 is 10.6 Å². The predicted molar refractivity (Wildman–Crippen MR) is 106 cm³/mol. The molecule has 2 heterocycles. The summed E-state index contributed by atoms with van der Waals surface area (Å²) in [5.74, 6) is -1.66. The molecular weight excluding hydrogens is 419 g/mol. The number of hydrogen-bond acceptors (Lipinski definition) is 4. The van der Waals surface area contributed by atoms with Crippen molar-refractivity contribution in [1.82, 2.24) is 10.2 Å². The van der Waals surface area contributed by atoms with Crippen molar-refractivity contribution >= 4 is 34.7 Å². The van der Waals surface area contributed by atoms with Crippen LogP contribution in [0.3, 0.4) is 0 Å². The fraction of sp³-hybridized carbons (Fsp3) is 0.350. The molecule has 6 nitrogen and oxygen atoms in total. The number of para-hydroxylation sites is 1. The van der Waals surface area contributed by atoms with Crippen molar-refractivity contribution in [2.75, 3.05) is 25.0 Å². The summed E-state index contributed by atoms with van der Waals surface area (Å²) in [6.45, 7) is -0.587. The van der Waals surface area contributed by atoms with E-state index in [4.69, 9.17) is 0 Å². The van der Waals surface area contributed by atoms with E-state index in [-0.39, 0.29) is 29.0 Å². The van der Waals surface area contributed by atoms with Crippen molar-refractivity contribution in [3.63, 3.8) is 0 Å². The minimum Gasteiger partial charge on any atom is -0.343 e. The minimum absolute atomic E-state index is 0.0413. The molecule has 0 aliphatic carbocycles. The molecule has 3 amide bonds. The van der Waals surface area contributed by atoms with Crippen LogP contribution in [0.2, 0.25) is 0 Å². The number of thiophene rings is 1. The summed E-state index contributed by atoms with van der Waals surface area (Å²) in [5.41, 5.74) is 0.111. The average molecular weight is 439 g/mol. The van der Waals surface area contributed by atoms with Crippen molar-refractivity contribution in [1.29, 1.82) is 0 Å². The van der Waals surface area contributed by atoms with Gasteiger partial charge in [0.1, 0.15) is 6.54 Å². The molecule has 0 unspecified atom stereocenters. The van der Waals surface area contributed by atoms with Gasteiger partial charge < -0.3 is 15.5 Å². The van der Waals surface area contributed by atoms with Crippen LogP contribution in [0.25, 0.3) is 0 Å². The molecule has 10 heteroatoms. The van der Waals surface area contributed by atoms with E-state index >= 15 is 0 Å². The first-order valence-corrected chi connectivity index (χ1v) is 10.2. The molecule has 0 atom stereocenters. The summed E-state index contributed by atoms with van der Waals surface area (Å²) < 4.78 is 37.1. The Morgan fingerprint density at radius 2 is 1.77 bits per heavy atom. The van der Waals surface area contributed by atoms with Crippen LogP contribution in [0.1, 0.15) is 32.9 Å². The van der Waals surface area contributed by atoms with Gasteiger partial charge >= 0.3 is 6.18 Å². The fourth-order valence-electron chi connectivity index (χ4n) is 3.20. The van der Waals surface area contributed by atoms with Gasteiger partial charge in [-0.2, -0.15) is 13.2 Å². The second-order valence-electron chi connectivity index (χ2n) is 6.88. The van der Waals surface area contributed by atoms with E-state index in [1.807, 2.05) is 5.38 Å². The number of rotatable bonds is 5. The molecule has 0 bridgehead atoms. The van der Waals surface area contributed by atoms with Crippen molar-refractivity contribution in [3.8, 4) is 0 Å². The van der Waals surface area contributed by atoms with Crippen molar-refractivity contribution in [2.45, 2.75) is 19.0 Å². The quantitative estimate of drug-likeness (QED) is 0.748. The number of benzene rings is 1.